The summed E-state index contributed by atoms with van der Waals surface area (Å²) in [6.45, 7) is 0.162. The number of carbonyl (C=O) groups excluding carboxylic acids is 2. The summed E-state index contributed by atoms with van der Waals surface area (Å²) < 4.78 is 10.9. The molecule has 0 saturated carbocycles. The largest absolute Gasteiger partial charge is 0.454 e. The lowest BCUT2D eigenvalue weighted by molar-refractivity contribution is -0.119. The molecule has 2 atom stereocenters. The molecule has 0 bridgehead atoms. The second-order valence-electron chi connectivity index (χ2n) is 6.87. The second kappa shape index (κ2) is 6.89. The molecule has 0 radical (unpaired) electrons. The van der Waals surface area contributed by atoms with E-state index in [2.05, 4.69) is 10.3 Å². The van der Waals surface area contributed by atoms with Crippen LogP contribution in [0.15, 0.2) is 54.0 Å². The van der Waals surface area contributed by atoms with E-state index in [1.165, 1.54) is 11.3 Å². The molecule has 146 valence electrons. The molecule has 2 aromatic carbocycles. The third-order valence-corrected chi connectivity index (χ3v) is 5.95. The van der Waals surface area contributed by atoms with Gasteiger partial charge in [0.2, 0.25) is 12.7 Å². The van der Waals surface area contributed by atoms with Crippen LogP contribution in [0.4, 0.5) is 5.13 Å². The first-order chi connectivity index (χ1) is 14.1. The number of amides is 2. The van der Waals surface area contributed by atoms with Gasteiger partial charge in [-0.25, -0.2) is 4.98 Å². The summed E-state index contributed by atoms with van der Waals surface area (Å²) in [5.74, 6) is 0.332. The highest BCUT2D eigenvalue weighted by atomic mass is 32.1. The number of ether oxygens (including phenoxy) is 2. The molecule has 2 aliphatic rings. The molecule has 2 amide bonds. The lowest BCUT2D eigenvalue weighted by atomic mass is 9.79. The van der Waals surface area contributed by atoms with Gasteiger partial charge in [-0.05, 0) is 29.3 Å². The van der Waals surface area contributed by atoms with Crippen molar-refractivity contribution in [2.24, 2.45) is 0 Å². The van der Waals surface area contributed by atoms with E-state index in [0.717, 1.165) is 5.56 Å². The molecule has 1 N–H and O–H groups in total. The number of rotatable bonds is 3. The number of aromatic nitrogens is 1. The maximum atomic E-state index is 13.4. The second-order valence-corrected chi connectivity index (χ2v) is 7.76. The number of fused-ring (bicyclic) bond motifs is 2. The smallest absolute Gasteiger partial charge is 0.254 e. The van der Waals surface area contributed by atoms with Gasteiger partial charge in [-0.2, -0.15) is 0 Å². The SMILES string of the molecule is CN1C(=O)c2ccccc2[C@H](C(=O)Nc2nccs2)[C@H]1c1ccc2c(c1)OCO2. The first kappa shape index (κ1) is 17.7. The van der Waals surface area contributed by atoms with Crippen LogP contribution in [0.2, 0.25) is 0 Å². The molecule has 3 heterocycles. The Balaban J connectivity index is 1.62. The van der Waals surface area contributed by atoms with Crippen molar-refractivity contribution < 1.29 is 19.1 Å². The molecule has 0 spiro atoms. The Morgan fingerprint density at radius 3 is 2.86 bits per heavy atom. The van der Waals surface area contributed by atoms with Gasteiger partial charge in [-0.15, -0.1) is 11.3 Å². The van der Waals surface area contributed by atoms with Gasteiger partial charge in [-0.3, -0.25) is 9.59 Å². The van der Waals surface area contributed by atoms with E-state index < -0.39 is 12.0 Å². The van der Waals surface area contributed by atoms with E-state index in [-0.39, 0.29) is 18.6 Å². The Labute approximate surface area is 170 Å². The minimum Gasteiger partial charge on any atom is -0.454 e. The summed E-state index contributed by atoms with van der Waals surface area (Å²) in [6.07, 6.45) is 1.64. The van der Waals surface area contributed by atoms with Gasteiger partial charge < -0.3 is 19.7 Å². The van der Waals surface area contributed by atoms with E-state index >= 15 is 0 Å². The summed E-state index contributed by atoms with van der Waals surface area (Å²) in [5.41, 5.74) is 2.04. The summed E-state index contributed by atoms with van der Waals surface area (Å²) in [6, 6.07) is 12.3. The first-order valence-corrected chi connectivity index (χ1v) is 9.97. The number of thiazole rings is 1. The molecule has 1 aromatic heterocycles. The van der Waals surface area contributed by atoms with Crippen molar-refractivity contribution in [1.29, 1.82) is 0 Å². The number of carbonyl (C=O) groups is 2. The normalized spacial score (nSPS) is 19.8. The zero-order chi connectivity index (χ0) is 20.0. The number of benzene rings is 2. The Bertz CT molecular complexity index is 1100. The highest BCUT2D eigenvalue weighted by molar-refractivity contribution is 7.13. The number of anilines is 1. The zero-order valence-electron chi connectivity index (χ0n) is 15.5. The lowest BCUT2D eigenvalue weighted by Gasteiger charge is -2.39. The highest BCUT2D eigenvalue weighted by Crippen LogP contribution is 2.45. The number of hydrogen-bond acceptors (Lipinski definition) is 6. The van der Waals surface area contributed by atoms with Gasteiger partial charge >= 0.3 is 0 Å². The Morgan fingerprint density at radius 2 is 2.03 bits per heavy atom. The average molecular weight is 407 g/mol. The molecule has 0 aliphatic carbocycles. The molecule has 5 rings (SSSR count). The van der Waals surface area contributed by atoms with Gasteiger partial charge in [0.15, 0.2) is 16.6 Å². The van der Waals surface area contributed by atoms with Crippen LogP contribution < -0.4 is 14.8 Å². The number of hydrogen-bond donors (Lipinski definition) is 1. The summed E-state index contributed by atoms with van der Waals surface area (Å²) in [5, 5.41) is 5.22. The van der Waals surface area contributed by atoms with Gasteiger partial charge in [0, 0.05) is 24.2 Å². The summed E-state index contributed by atoms with van der Waals surface area (Å²) in [7, 11) is 1.72. The highest BCUT2D eigenvalue weighted by Gasteiger charge is 2.43. The van der Waals surface area contributed by atoms with E-state index in [4.69, 9.17) is 9.47 Å². The van der Waals surface area contributed by atoms with Crippen molar-refractivity contribution in [3.05, 3.63) is 70.7 Å². The first-order valence-electron chi connectivity index (χ1n) is 9.09. The minimum atomic E-state index is -0.599. The van der Waals surface area contributed by atoms with Gasteiger partial charge in [-0.1, -0.05) is 24.3 Å². The minimum absolute atomic E-state index is 0.124. The van der Waals surface area contributed by atoms with Crippen LogP contribution in [0, 0.1) is 0 Å². The number of nitrogens with one attached hydrogen (secondary N) is 1. The van der Waals surface area contributed by atoms with E-state index in [1.54, 1.807) is 35.7 Å². The monoisotopic (exact) mass is 407 g/mol. The van der Waals surface area contributed by atoms with Crippen molar-refractivity contribution in [3.8, 4) is 11.5 Å². The van der Waals surface area contributed by atoms with Crippen molar-refractivity contribution in [3.63, 3.8) is 0 Å². The molecule has 7 nitrogen and oxygen atoms in total. The van der Waals surface area contributed by atoms with Crippen molar-refractivity contribution in [2.75, 3.05) is 19.2 Å². The van der Waals surface area contributed by atoms with Crippen molar-refractivity contribution in [1.82, 2.24) is 9.88 Å². The molecule has 8 heteroatoms. The van der Waals surface area contributed by atoms with Crippen LogP contribution in [0.1, 0.15) is 33.4 Å². The van der Waals surface area contributed by atoms with Crippen LogP contribution in [-0.4, -0.2) is 35.5 Å². The van der Waals surface area contributed by atoms with Gasteiger partial charge in [0.25, 0.3) is 5.91 Å². The maximum Gasteiger partial charge on any atom is 0.254 e. The van der Waals surface area contributed by atoms with Crippen LogP contribution in [0.25, 0.3) is 0 Å². The van der Waals surface area contributed by atoms with Crippen molar-refractivity contribution in [2.45, 2.75) is 12.0 Å². The molecule has 29 heavy (non-hydrogen) atoms. The predicted molar refractivity (Wildman–Crippen MR) is 107 cm³/mol. The zero-order valence-corrected chi connectivity index (χ0v) is 16.3. The van der Waals surface area contributed by atoms with Crippen LogP contribution in [0.5, 0.6) is 11.5 Å². The van der Waals surface area contributed by atoms with E-state index in [0.29, 0.717) is 27.8 Å². The molecule has 0 saturated heterocycles. The number of likely N-dealkylation sites (N-methyl/N-ethyl adjacent to an activating group) is 1. The van der Waals surface area contributed by atoms with Crippen LogP contribution in [-0.2, 0) is 4.79 Å². The maximum absolute atomic E-state index is 13.4. The van der Waals surface area contributed by atoms with E-state index in [1.807, 2.05) is 30.3 Å². The standard InChI is InChI=1S/C21H17N3O4S/c1-24-18(12-6-7-15-16(10-12)28-11-27-15)17(19(25)23-21-22-8-9-29-21)13-4-2-3-5-14(13)20(24)26/h2-10,17-18H,11H2,1H3,(H,22,23,25)/t17-,18+/m0/s1. The molecule has 0 fully saturated rings. The Kier molecular flexibility index (Phi) is 4.21. The quantitative estimate of drug-likeness (QED) is 0.720. The fourth-order valence-electron chi connectivity index (χ4n) is 3.94. The molecule has 0 unspecified atom stereocenters. The average Bonchev–Trinajstić information content (AvgIpc) is 3.41. The summed E-state index contributed by atoms with van der Waals surface area (Å²) >= 11 is 1.35. The Hall–Kier alpha value is -3.39. The fourth-order valence-corrected chi connectivity index (χ4v) is 4.47. The third-order valence-electron chi connectivity index (χ3n) is 5.26. The lowest BCUT2D eigenvalue weighted by Crippen LogP contribution is -2.44. The van der Waals surface area contributed by atoms with Gasteiger partial charge in [0.05, 0.1) is 12.0 Å². The third kappa shape index (κ3) is 2.92. The Morgan fingerprint density at radius 1 is 1.21 bits per heavy atom. The topological polar surface area (TPSA) is 80.8 Å². The molecule has 3 aromatic rings. The van der Waals surface area contributed by atoms with Crippen LogP contribution in [0.3, 0.4) is 0 Å². The number of nitrogens with zero attached hydrogens (tertiary/aromatic N) is 2. The van der Waals surface area contributed by atoms with Crippen LogP contribution >= 0.6 is 11.3 Å². The molecular weight excluding hydrogens is 390 g/mol. The fraction of sp³-hybridized carbons (Fsp3) is 0.190. The van der Waals surface area contributed by atoms with E-state index in [9.17, 15) is 9.59 Å². The summed E-state index contributed by atoms with van der Waals surface area (Å²) in [4.78, 5) is 32.2. The van der Waals surface area contributed by atoms with Crippen molar-refractivity contribution >= 4 is 28.3 Å². The van der Waals surface area contributed by atoms with Gasteiger partial charge in [0.1, 0.15) is 0 Å². The molecule has 2 aliphatic heterocycles. The predicted octanol–water partition coefficient (Wildman–Crippen LogP) is 3.42. The molecular formula is C21H17N3O4S.